The van der Waals surface area contributed by atoms with Gasteiger partial charge < -0.3 is 4.52 Å². The van der Waals surface area contributed by atoms with Crippen molar-refractivity contribution in [1.82, 2.24) is 10.1 Å². The molecule has 0 fully saturated rings. The second-order valence-corrected chi connectivity index (χ2v) is 4.54. The third kappa shape index (κ3) is 2.38. The van der Waals surface area contributed by atoms with Gasteiger partial charge in [-0.05, 0) is 38.3 Å². The van der Waals surface area contributed by atoms with Crippen molar-refractivity contribution in [2.24, 2.45) is 0 Å². The number of hydrogen-bond acceptors (Lipinski definition) is 3. The standard InChI is InChI=1S/C14H18N2O/c1-5-6-12-15-14(16-17-12)13-10(3)7-9(2)8-11(13)4/h7-8H,5-6H2,1-4H3. The van der Waals surface area contributed by atoms with Crippen molar-refractivity contribution in [3.63, 3.8) is 0 Å². The molecule has 2 aromatic rings. The van der Waals surface area contributed by atoms with E-state index >= 15 is 0 Å². The molecule has 3 nitrogen and oxygen atoms in total. The van der Waals surface area contributed by atoms with E-state index in [9.17, 15) is 0 Å². The molecule has 1 heterocycles. The highest BCUT2D eigenvalue weighted by Gasteiger charge is 2.13. The van der Waals surface area contributed by atoms with Crippen LogP contribution < -0.4 is 0 Å². The van der Waals surface area contributed by atoms with Crippen molar-refractivity contribution < 1.29 is 4.52 Å². The minimum atomic E-state index is 0.712. The second kappa shape index (κ2) is 4.70. The molecular formula is C14H18N2O. The van der Waals surface area contributed by atoms with Crippen molar-refractivity contribution in [2.45, 2.75) is 40.5 Å². The quantitative estimate of drug-likeness (QED) is 0.808. The van der Waals surface area contributed by atoms with Gasteiger partial charge in [0.05, 0.1) is 0 Å². The molecule has 90 valence electrons. The zero-order valence-corrected chi connectivity index (χ0v) is 10.9. The van der Waals surface area contributed by atoms with Crippen LogP contribution in [-0.4, -0.2) is 10.1 Å². The molecule has 1 aromatic heterocycles. The highest BCUT2D eigenvalue weighted by molar-refractivity contribution is 5.64. The van der Waals surface area contributed by atoms with Crippen LogP contribution in [0, 0.1) is 20.8 Å². The summed E-state index contributed by atoms with van der Waals surface area (Å²) in [4.78, 5) is 4.44. The maximum atomic E-state index is 5.24. The summed E-state index contributed by atoms with van der Waals surface area (Å²) in [5, 5.41) is 4.07. The Morgan fingerprint density at radius 2 is 1.76 bits per heavy atom. The summed E-state index contributed by atoms with van der Waals surface area (Å²) >= 11 is 0. The number of hydrogen-bond donors (Lipinski definition) is 0. The Balaban J connectivity index is 2.45. The fourth-order valence-electron chi connectivity index (χ4n) is 2.20. The van der Waals surface area contributed by atoms with Gasteiger partial charge in [0.25, 0.3) is 0 Å². The largest absolute Gasteiger partial charge is 0.339 e. The van der Waals surface area contributed by atoms with Gasteiger partial charge in [-0.15, -0.1) is 0 Å². The first-order chi connectivity index (χ1) is 8.11. The van der Waals surface area contributed by atoms with Crippen molar-refractivity contribution >= 4 is 0 Å². The van der Waals surface area contributed by atoms with Gasteiger partial charge in [0.15, 0.2) is 0 Å². The van der Waals surface area contributed by atoms with Crippen LogP contribution >= 0.6 is 0 Å². The zero-order valence-electron chi connectivity index (χ0n) is 10.9. The molecule has 17 heavy (non-hydrogen) atoms. The van der Waals surface area contributed by atoms with Gasteiger partial charge in [-0.2, -0.15) is 4.98 Å². The lowest BCUT2D eigenvalue weighted by Gasteiger charge is -2.06. The van der Waals surface area contributed by atoms with E-state index in [1.165, 1.54) is 16.7 Å². The Kier molecular flexibility index (Phi) is 3.27. The van der Waals surface area contributed by atoms with E-state index < -0.39 is 0 Å². The Morgan fingerprint density at radius 3 is 2.35 bits per heavy atom. The summed E-state index contributed by atoms with van der Waals surface area (Å²) < 4.78 is 5.24. The fraction of sp³-hybridized carbons (Fsp3) is 0.429. The summed E-state index contributed by atoms with van der Waals surface area (Å²) in [7, 11) is 0. The Hall–Kier alpha value is -1.64. The number of aromatic nitrogens is 2. The molecule has 0 N–H and O–H groups in total. The Morgan fingerprint density at radius 1 is 1.12 bits per heavy atom. The first-order valence-electron chi connectivity index (χ1n) is 6.02. The van der Waals surface area contributed by atoms with Crippen LogP contribution in [0.4, 0.5) is 0 Å². The molecule has 0 atom stereocenters. The number of nitrogens with zero attached hydrogens (tertiary/aromatic N) is 2. The molecule has 0 aliphatic carbocycles. The van der Waals surface area contributed by atoms with Gasteiger partial charge in [0.1, 0.15) is 0 Å². The van der Waals surface area contributed by atoms with Gasteiger partial charge in [-0.25, -0.2) is 0 Å². The molecule has 0 aliphatic rings. The van der Waals surface area contributed by atoms with Gasteiger partial charge >= 0.3 is 0 Å². The normalized spacial score (nSPS) is 10.8. The topological polar surface area (TPSA) is 38.9 Å². The predicted molar refractivity (Wildman–Crippen MR) is 67.9 cm³/mol. The lowest BCUT2D eigenvalue weighted by Crippen LogP contribution is -1.92. The summed E-state index contributed by atoms with van der Waals surface area (Å²) in [6, 6.07) is 4.30. The van der Waals surface area contributed by atoms with Crippen LogP contribution in [0.5, 0.6) is 0 Å². The molecule has 1 aromatic carbocycles. The third-order valence-corrected chi connectivity index (χ3v) is 2.83. The van der Waals surface area contributed by atoms with E-state index in [1.54, 1.807) is 0 Å². The van der Waals surface area contributed by atoms with E-state index in [0.29, 0.717) is 5.82 Å². The fourth-order valence-corrected chi connectivity index (χ4v) is 2.20. The van der Waals surface area contributed by atoms with Crippen LogP contribution in [0.1, 0.15) is 35.9 Å². The highest BCUT2D eigenvalue weighted by atomic mass is 16.5. The van der Waals surface area contributed by atoms with Crippen LogP contribution in [-0.2, 0) is 6.42 Å². The SMILES string of the molecule is CCCc1nc(-c2c(C)cc(C)cc2C)no1. The molecule has 2 rings (SSSR count). The molecule has 0 saturated carbocycles. The van der Waals surface area contributed by atoms with Crippen molar-refractivity contribution in [3.8, 4) is 11.4 Å². The predicted octanol–water partition coefficient (Wildman–Crippen LogP) is 3.61. The smallest absolute Gasteiger partial charge is 0.226 e. The molecule has 0 amide bonds. The number of rotatable bonds is 3. The van der Waals surface area contributed by atoms with Gasteiger partial charge in [-0.1, -0.05) is 29.8 Å². The van der Waals surface area contributed by atoms with Crippen molar-refractivity contribution in [2.75, 3.05) is 0 Å². The highest BCUT2D eigenvalue weighted by Crippen LogP contribution is 2.26. The molecular weight excluding hydrogens is 212 g/mol. The van der Waals surface area contributed by atoms with E-state index in [0.717, 1.165) is 24.3 Å². The maximum absolute atomic E-state index is 5.24. The Bertz CT molecular complexity index is 506. The summed E-state index contributed by atoms with van der Waals surface area (Å²) in [6.07, 6.45) is 1.87. The summed E-state index contributed by atoms with van der Waals surface area (Å²) in [5.41, 5.74) is 4.76. The Labute approximate surface area is 102 Å². The second-order valence-electron chi connectivity index (χ2n) is 4.54. The molecule has 0 saturated heterocycles. The molecule has 3 heteroatoms. The van der Waals surface area contributed by atoms with Crippen molar-refractivity contribution in [3.05, 3.63) is 34.7 Å². The minimum absolute atomic E-state index is 0.712. The average Bonchev–Trinajstić information content (AvgIpc) is 2.65. The van der Waals surface area contributed by atoms with E-state index in [4.69, 9.17) is 4.52 Å². The van der Waals surface area contributed by atoms with Crippen LogP contribution in [0.15, 0.2) is 16.7 Å². The summed E-state index contributed by atoms with van der Waals surface area (Å²) in [5.74, 6) is 1.44. The first kappa shape index (κ1) is 11.8. The average molecular weight is 230 g/mol. The van der Waals surface area contributed by atoms with Gasteiger partial charge in [0.2, 0.25) is 11.7 Å². The number of benzene rings is 1. The lowest BCUT2D eigenvalue weighted by atomic mass is 9.99. The van der Waals surface area contributed by atoms with Crippen LogP contribution in [0.2, 0.25) is 0 Å². The van der Waals surface area contributed by atoms with Crippen LogP contribution in [0.3, 0.4) is 0 Å². The van der Waals surface area contributed by atoms with Crippen molar-refractivity contribution in [1.29, 1.82) is 0 Å². The minimum Gasteiger partial charge on any atom is -0.339 e. The van der Waals surface area contributed by atoms with E-state index in [-0.39, 0.29) is 0 Å². The van der Waals surface area contributed by atoms with E-state index in [1.807, 2.05) is 0 Å². The van der Waals surface area contributed by atoms with E-state index in [2.05, 4.69) is 50.0 Å². The molecule has 0 radical (unpaired) electrons. The van der Waals surface area contributed by atoms with Gasteiger partial charge in [-0.3, -0.25) is 0 Å². The number of aryl methyl sites for hydroxylation is 4. The summed E-state index contributed by atoms with van der Waals surface area (Å²) in [6.45, 7) is 8.38. The van der Waals surface area contributed by atoms with Crippen LogP contribution in [0.25, 0.3) is 11.4 Å². The zero-order chi connectivity index (χ0) is 12.4. The molecule has 0 unspecified atom stereocenters. The molecule has 0 bridgehead atoms. The van der Waals surface area contributed by atoms with Gasteiger partial charge in [0, 0.05) is 12.0 Å². The lowest BCUT2D eigenvalue weighted by molar-refractivity contribution is 0.378. The first-order valence-corrected chi connectivity index (χ1v) is 6.02. The maximum Gasteiger partial charge on any atom is 0.226 e. The third-order valence-electron chi connectivity index (χ3n) is 2.83. The monoisotopic (exact) mass is 230 g/mol. The molecule has 0 aliphatic heterocycles. The molecule has 0 spiro atoms.